The molecular weight excluding hydrogens is 242 g/mol. The van der Waals surface area contributed by atoms with Crippen molar-refractivity contribution in [2.75, 3.05) is 7.05 Å². The Balaban J connectivity index is 3.13. The van der Waals surface area contributed by atoms with Gasteiger partial charge in [-0.1, -0.05) is 11.6 Å². The number of benzene rings is 1. The Hall–Kier alpha value is -2.10. The normalized spacial score (nSPS) is 9.68. The molecule has 1 aromatic rings. The topological polar surface area (TPSA) is 55.4 Å². The molecule has 0 aliphatic carbocycles. The highest BCUT2D eigenvalue weighted by Gasteiger charge is 2.10. The van der Waals surface area contributed by atoms with Crippen molar-refractivity contribution in [2.45, 2.75) is 27.2 Å². The van der Waals surface area contributed by atoms with Crippen LogP contribution in [0.25, 0.3) is 0 Å². The maximum atomic E-state index is 11.6. The number of ether oxygens (including phenoxy) is 1. The lowest BCUT2D eigenvalue weighted by atomic mass is 10.0. The quantitative estimate of drug-likeness (QED) is 0.514. The van der Waals surface area contributed by atoms with Gasteiger partial charge in [0.15, 0.2) is 0 Å². The third-order valence-electron chi connectivity index (χ3n) is 2.53. The predicted molar refractivity (Wildman–Crippen MR) is 74.3 cm³/mol. The summed E-state index contributed by atoms with van der Waals surface area (Å²) in [7, 11) is 1.58. The van der Waals surface area contributed by atoms with Crippen LogP contribution in [0.3, 0.4) is 0 Å². The first-order valence-corrected chi connectivity index (χ1v) is 6.11. The van der Waals surface area contributed by atoms with E-state index in [4.69, 9.17) is 4.74 Å². The molecule has 0 atom stereocenters. The Labute approximate surface area is 113 Å². The van der Waals surface area contributed by atoms with Gasteiger partial charge in [0.05, 0.1) is 0 Å². The highest BCUT2D eigenvalue weighted by Crippen LogP contribution is 2.22. The number of carbonyl (C=O) groups excluding carboxylic acids is 2. The highest BCUT2D eigenvalue weighted by atomic mass is 16.5. The van der Waals surface area contributed by atoms with Crippen LogP contribution in [-0.4, -0.2) is 18.9 Å². The summed E-state index contributed by atoms with van der Waals surface area (Å²) in [5.41, 5.74) is 2.53. The van der Waals surface area contributed by atoms with Gasteiger partial charge in [-0.05, 0) is 44.0 Å². The molecular formula is C15H19NO3. The van der Waals surface area contributed by atoms with E-state index in [-0.39, 0.29) is 11.9 Å². The minimum atomic E-state index is -0.369. The summed E-state index contributed by atoms with van der Waals surface area (Å²) in [5.74, 6) is -0.0309. The molecule has 4 nitrogen and oxygen atoms in total. The Morgan fingerprint density at radius 3 is 2.47 bits per heavy atom. The van der Waals surface area contributed by atoms with Gasteiger partial charge in [0.2, 0.25) is 0 Å². The molecule has 102 valence electrons. The summed E-state index contributed by atoms with van der Waals surface area (Å²) in [4.78, 5) is 22.7. The Morgan fingerprint density at radius 2 is 1.95 bits per heavy atom. The number of allylic oxidation sites excluding steroid dienone is 2. The van der Waals surface area contributed by atoms with Crippen LogP contribution in [0.15, 0.2) is 29.8 Å². The van der Waals surface area contributed by atoms with Gasteiger partial charge in [0, 0.05) is 19.5 Å². The molecule has 0 heterocycles. The van der Waals surface area contributed by atoms with Gasteiger partial charge < -0.3 is 10.1 Å². The van der Waals surface area contributed by atoms with E-state index < -0.39 is 0 Å². The third-order valence-corrected chi connectivity index (χ3v) is 2.53. The standard InChI is InChI=1S/C15H19NO3/c1-10(2)5-6-12-9-13(15(18)16-4)7-8-14(12)19-11(3)17/h5,7-9H,6H2,1-4H3,(H,16,18). The lowest BCUT2D eigenvalue weighted by Gasteiger charge is -2.09. The van der Waals surface area contributed by atoms with E-state index in [2.05, 4.69) is 5.32 Å². The van der Waals surface area contributed by atoms with E-state index in [0.717, 1.165) is 5.56 Å². The minimum absolute atomic E-state index is 0.159. The second-order valence-electron chi connectivity index (χ2n) is 4.48. The fourth-order valence-electron chi connectivity index (χ4n) is 1.59. The van der Waals surface area contributed by atoms with Gasteiger partial charge in [-0.25, -0.2) is 0 Å². The van der Waals surface area contributed by atoms with Crippen molar-refractivity contribution in [1.82, 2.24) is 5.32 Å². The molecule has 0 aromatic heterocycles. The zero-order valence-corrected chi connectivity index (χ0v) is 11.7. The van der Waals surface area contributed by atoms with Crippen LogP contribution >= 0.6 is 0 Å². The van der Waals surface area contributed by atoms with Crippen molar-refractivity contribution < 1.29 is 14.3 Å². The van der Waals surface area contributed by atoms with Crippen molar-refractivity contribution in [2.24, 2.45) is 0 Å². The Bertz CT molecular complexity index is 514. The first kappa shape index (κ1) is 15.0. The average Bonchev–Trinajstić information content (AvgIpc) is 2.35. The summed E-state index contributed by atoms with van der Waals surface area (Å²) in [6, 6.07) is 5.04. The number of esters is 1. The molecule has 1 rings (SSSR count). The molecule has 0 spiro atoms. The van der Waals surface area contributed by atoms with Crippen molar-refractivity contribution in [3.8, 4) is 5.75 Å². The molecule has 0 aliphatic heterocycles. The molecule has 1 aromatic carbocycles. The molecule has 0 fully saturated rings. The summed E-state index contributed by atoms with van der Waals surface area (Å²) in [5, 5.41) is 2.57. The monoisotopic (exact) mass is 261 g/mol. The van der Waals surface area contributed by atoms with Gasteiger partial charge in [0.1, 0.15) is 5.75 Å². The second kappa shape index (κ2) is 6.73. The van der Waals surface area contributed by atoms with E-state index in [0.29, 0.717) is 17.7 Å². The Kier molecular flexibility index (Phi) is 5.30. The molecule has 1 amide bonds. The van der Waals surface area contributed by atoms with Crippen LogP contribution in [0, 0.1) is 0 Å². The van der Waals surface area contributed by atoms with Crippen molar-refractivity contribution in [3.63, 3.8) is 0 Å². The Morgan fingerprint density at radius 1 is 1.26 bits per heavy atom. The van der Waals surface area contributed by atoms with Crippen molar-refractivity contribution >= 4 is 11.9 Å². The third kappa shape index (κ3) is 4.58. The maximum absolute atomic E-state index is 11.6. The summed E-state index contributed by atoms with van der Waals surface area (Å²) in [6.45, 7) is 5.35. The van der Waals surface area contributed by atoms with Crippen molar-refractivity contribution in [1.29, 1.82) is 0 Å². The summed E-state index contributed by atoms with van der Waals surface area (Å²) >= 11 is 0. The lowest BCUT2D eigenvalue weighted by molar-refractivity contribution is -0.131. The number of carbonyl (C=O) groups is 2. The summed E-state index contributed by atoms with van der Waals surface area (Å²) < 4.78 is 5.15. The molecule has 0 radical (unpaired) electrons. The van der Waals surface area contributed by atoms with E-state index in [1.165, 1.54) is 12.5 Å². The first-order valence-electron chi connectivity index (χ1n) is 6.11. The van der Waals surface area contributed by atoms with Gasteiger partial charge in [-0.2, -0.15) is 0 Å². The van der Waals surface area contributed by atoms with E-state index >= 15 is 0 Å². The van der Waals surface area contributed by atoms with Crippen LogP contribution in [0.1, 0.15) is 36.7 Å². The van der Waals surface area contributed by atoms with E-state index in [1.807, 2.05) is 19.9 Å². The summed E-state index contributed by atoms with van der Waals surface area (Å²) in [6.07, 6.45) is 2.64. The number of amides is 1. The minimum Gasteiger partial charge on any atom is -0.426 e. The van der Waals surface area contributed by atoms with E-state index in [9.17, 15) is 9.59 Å². The van der Waals surface area contributed by atoms with Crippen LogP contribution < -0.4 is 10.1 Å². The van der Waals surface area contributed by atoms with Gasteiger partial charge in [0.25, 0.3) is 5.91 Å². The highest BCUT2D eigenvalue weighted by molar-refractivity contribution is 5.94. The van der Waals surface area contributed by atoms with Crippen LogP contribution in [0.5, 0.6) is 5.75 Å². The molecule has 0 bridgehead atoms. The van der Waals surface area contributed by atoms with Gasteiger partial charge in [-0.15, -0.1) is 0 Å². The zero-order chi connectivity index (χ0) is 14.4. The molecule has 19 heavy (non-hydrogen) atoms. The fraction of sp³-hybridized carbons (Fsp3) is 0.333. The largest absolute Gasteiger partial charge is 0.426 e. The molecule has 4 heteroatoms. The SMILES string of the molecule is CNC(=O)c1ccc(OC(C)=O)c(CC=C(C)C)c1. The molecule has 0 saturated heterocycles. The number of nitrogens with one attached hydrogen (secondary N) is 1. The first-order chi connectivity index (χ1) is 8.93. The molecule has 0 unspecified atom stereocenters. The molecule has 0 aliphatic rings. The number of hydrogen-bond acceptors (Lipinski definition) is 3. The lowest BCUT2D eigenvalue weighted by Crippen LogP contribution is -2.18. The van der Waals surface area contributed by atoms with Crippen LogP contribution in [0.4, 0.5) is 0 Å². The smallest absolute Gasteiger partial charge is 0.308 e. The second-order valence-corrected chi connectivity index (χ2v) is 4.48. The van der Waals surface area contributed by atoms with Gasteiger partial charge in [-0.3, -0.25) is 9.59 Å². The molecule has 1 N–H and O–H groups in total. The van der Waals surface area contributed by atoms with Crippen molar-refractivity contribution in [3.05, 3.63) is 41.0 Å². The van der Waals surface area contributed by atoms with E-state index in [1.54, 1.807) is 25.2 Å². The molecule has 0 saturated carbocycles. The number of hydrogen-bond donors (Lipinski definition) is 1. The zero-order valence-electron chi connectivity index (χ0n) is 11.7. The maximum Gasteiger partial charge on any atom is 0.308 e. The van der Waals surface area contributed by atoms with Gasteiger partial charge >= 0.3 is 5.97 Å². The fourth-order valence-corrected chi connectivity index (χ4v) is 1.59. The van der Waals surface area contributed by atoms with Crippen LogP contribution in [0.2, 0.25) is 0 Å². The number of rotatable bonds is 4. The average molecular weight is 261 g/mol. The predicted octanol–water partition coefficient (Wildman–Crippen LogP) is 2.48. The van der Waals surface area contributed by atoms with Crippen LogP contribution in [-0.2, 0) is 11.2 Å².